The summed E-state index contributed by atoms with van der Waals surface area (Å²) in [5, 5.41) is 6.95. The Morgan fingerprint density at radius 1 is 1.07 bits per heavy atom. The highest BCUT2D eigenvalue weighted by Gasteiger charge is 2.22. The molecule has 0 radical (unpaired) electrons. The average molecular weight is 660 g/mol. The second-order valence-electron chi connectivity index (χ2n) is 10.7. The molecule has 1 saturated heterocycles. The first-order chi connectivity index (χ1) is 22.3. The minimum Gasteiger partial charge on any atom is -0.481 e. The minimum absolute atomic E-state index is 0.0234. The number of rotatable bonds is 9. The summed E-state index contributed by atoms with van der Waals surface area (Å²) in [4.78, 5) is 48.8. The molecule has 3 aromatic heterocycles. The van der Waals surface area contributed by atoms with Crippen molar-refractivity contribution in [2.24, 2.45) is 7.05 Å². The topological polar surface area (TPSA) is 137 Å². The fourth-order valence-electron chi connectivity index (χ4n) is 5.40. The molecule has 1 fully saturated rings. The zero-order chi connectivity index (χ0) is 32.4. The smallest absolute Gasteiger partial charge is 0.407 e. The molecule has 6 rings (SSSR count). The Bertz CT molecular complexity index is 2000. The number of carbonyl (C=O) groups excluding carboxylic acids is 3. The quantitative estimate of drug-likeness (QED) is 0.184. The number of nitrogens with one attached hydrogen (secondary N) is 2. The van der Waals surface area contributed by atoms with Crippen molar-refractivity contribution in [3.63, 3.8) is 0 Å². The number of aryl methyl sites for hydroxylation is 1. The highest BCUT2D eigenvalue weighted by molar-refractivity contribution is 6.39. The molecule has 0 aliphatic carbocycles. The van der Waals surface area contributed by atoms with Crippen LogP contribution < -0.4 is 15.4 Å². The van der Waals surface area contributed by atoms with Crippen LogP contribution in [-0.2, 0) is 23.2 Å². The Morgan fingerprint density at radius 2 is 1.78 bits per heavy atom. The zero-order valence-corrected chi connectivity index (χ0v) is 26.4. The van der Waals surface area contributed by atoms with E-state index in [-0.39, 0.29) is 31.0 Å². The van der Waals surface area contributed by atoms with Crippen LogP contribution in [0.25, 0.3) is 44.8 Å². The predicted octanol–water partition coefficient (Wildman–Crippen LogP) is 6.00. The number of hydrogen-bond donors (Lipinski definition) is 2. The summed E-state index contributed by atoms with van der Waals surface area (Å²) in [6, 6.07) is 14.5. The van der Waals surface area contributed by atoms with E-state index in [2.05, 4.69) is 25.6 Å². The van der Waals surface area contributed by atoms with E-state index >= 15 is 0 Å². The summed E-state index contributed by atoms with van der Waals surface area (Å²) < 4.78 is 12.6. The molecular formula is C33H28Cl2N6O5. The number of nitrogens with zero attached hydrogens (tertiary/aromatic N) is 4. The van der Waals surface area contributed by atoms with Gasteiger partial charge >= 0.3 is 6.09 Å². The molecule has 2 N–H and O–H groups in total. The van der Waals surface area contributed by atoms with Gasteiger partial charge in [-0.15, -0.1) is 0 Å². The molecule has 0 spiro atoms. The van der Waals surface area contributed by atoms with Gasteiger partial charge in [0.15, 0.2) is 12.1 Å². The second-order valence-corrected chi connectivity index (χ2v) is 11.5. The van der Waals surface area contributed by atoms with Crippen LogP contribution in [0.2, 0.25) is 10.0 Å². The highest BCUT2D eigenvalue weighted by Crippen LogP contribution is 2.42. The van der Waals surface area contributed by atoms with E-state index in [0.29, 0.717) is 78.8 Å². The minimum atomic E-state index is -0.609. The summed E-state index contributed by atoms with van der Waals surface area (Å²) in [7, 11) is 3.30. The van der Waals surface area contributed by atoms with Crippen LogP contribution in [0.5, 0.6) is 5.88 Å². The summed E-state index contributed by atoms with van der Waals surface area (Å²) in [6.45, 7) is 0.223. The second kappa shape index (κ2) is 13.2. The van der Waals surface area contributed by atoms with E-state index in [4.69, 9.17) is 32.7 Å². The maximum Gasteiger partial charge on any atom is 0.407 e. The van der Waals surface area contributed by atoms with E-state index in [1.54, 1.807) is 29.1 Å². The van der Waals surface area contributed by atoms with Crippen molar-refractivity contribution in [1.82, 2.24) is 30.2 Å². The first-order valence-corrected chi connectivity index (χ1v) is 15.1. The first kappa shape index (κ1) is 31.0. The number of pyridine rings is 1. The van der Waals surface area contributed by atoms with E-state index in [9.17, 15) is 14.4 Å². The Balaban J connectivity index is 1.24. The molecular weight excluding hydrogens is 631 g/mol. The van der Waals surface area contributed by atoms with Gasteiger partial charge in [-0.2, -0.15) is 0 Å². The Morgan fingerprint density at radius 3 is 2.48 bits per heavy atom. The molecule has 4 heterocycles. The third kappa shape index (κ3) is 6.11. The van der Waals surface area contributed by atoms with Crippen LogP contribution >= 0.6 is 23.2 Å². The Kier molecular flexibility index (Phi) is 8.87. The summed E-state index contributed by atoms with van der Waals surface area (Å²) in [6.07, 6.45) is 4.62. The highest BCUT2D eigenvalue weighted by atomic mass is 35.5. The Hall–Kier alpha value is -5.00. The van der Waals surface area contributed by atoms with Gasteiger partial charge in [0.25, 0.3) is 0 Å². The third-order valence-electron chi connectivity index (χ3n) is 7.75. The lowest BCUT2D eigenvalue weighted by molar-refractivity contribution is -0.119. The molecule has 1 atom stereocenters. The van der Waals surface area contributed by atoms with Gasteiger partial charge in [-0.3, -0.25) is 9.59 Å². The monoisotopic (exact) mass is 658 g/mol. The third-order valence-corrected chi connectivity index (χ3v) is 8.56. The van der Waals surface area contributed by atoms with Crippen molar-refractivity contribution in [2.45, 2.75) is 25.5 Å². The van der Waals surface area contributed by atoms with Crippen molar-refractivity contribution < 1.29 is 23.9 Å². The molecule has 234 valence electrons. The number of benzene rings is 2. The van der Waals surface area contributed by atoms with Gasteiger partial charge in [-0.05, 0) is 24.6 Å². The van der Waals surface area contributed by atoms with Gasteiger partial charge < -0.3 is 24.7 Å². The number of halogens is 2. The maximum absolute atomic E-state index is 12.2. The first-order valence-electron chi connectivity index (χ1n) is 14.4. The van der Waals surface area contributed by atoms with Gasteiger partial charge in [0.1, 0.15) is 12.3 Å². The van der Waals surface area contributed by atoms with Crippen LogP contribution in [-0.4, -0.2) is 57.5 Å². The molecule has 1 unspecified atom stereocenters. The van der Waals surface area contributed by atoms with Crippen LogP contribution in [0.1, 0.15) is 28.8 Å². The van der Waals surface area contributed by atoms with E-state index < -0.39 is 6.09 Å². The molecule has 1 aliphatic heterocycles. The van der Waals surface area contributed by atoms with Crippen molar-refractivity contribution >= 4 is 52.5 Å². The number of hydrogen-bond acceptors (Lipinski definition) is 8. The molecule has 5 aromatic rings. The number of fused-ring (bicyclic) bond motifs is 1. The maximum atomic E-state index is 12.2. The Labute approximate surface area is 273 Å². The van der Waals surface area contributed by atoms with Crippen LogP contribution in [0.4, 0.5) is 4.79 Å². The molecule has 2 amide bonds. The van der Waals surface area contributed by atoms with Gasteiger partial charge in [0, 0.05) is 71.7 Å². The van der Waals surface area contributed by atoms with Crippen LogP contribution in [0.3, 0.4) is 0 Å². The summed E-state index contributed by atoms with van der Waals surface area (Å²) in [5.41, 5.74) is 4.84. The van der Waals surface area contributed by atoms with E-state index in [1.165, 1.54) is 7.11 Å². The van der Waals surface area contributed by atoms with Gasteiger partial charge in [-0.1, -0.05) is 53.5 Å². The van der Waals surface area contributed by atoms with Crippen LogP contribution in [0.15, 0.2) is 60.9 Å². The number of aldehydes is 1. The molecule has 0 bridgehead atoms. The van der Waals surface area contributed by atoms with Crippen molar-refractivity contribution in [3.8, 4) is 39.7 Å². The standard InChI is InChI=1S/C33H28Cl2N6O5/c1-41-15-19(16-42)25-14-36-30(40-31(25)41)24-8-4-6-22(29(24)35)21-5-3-7-23(28(21)34)26-11-9-18(32(39-26)45-2)17-46-33(44)37-13-20-10-12-27(43)38-20/h3-9,11,14-16,20H,10,12-13,17H2,1-2H3,(H,37,44)(H,38,43). The lowest BCUT2D eigenvalue weighted by Crippen LogP contribution is -2.38. The molecule has 2 aromatic carbocycles. The number of ether oxygens (including phenoxy) is 2. The zero-order valence-electron chi connectivity index (χ0n) is 24.8. The molecule has 1 aliphatic rings. The number of aromatic nitrogens is 4. The lowest BCUT2D eigenvalue weighted by Gasteiger charge is -2.15. The van der Waals surface area contributed by atoms with Gasteiger partial charge in [0.2, 0.25) is 11.8 Å². The largest absolute Gasteiger partial charge is 0.481 e. The lowest BCUT2D eigenvalue weighted by atomic mass is 9.99. The van der Waals surface area contributed by atoms with E-state index in [0.717, 1.165) is 6.29 Å². The summed E-state index contributed by atoms with van der Waals surface area (Å²) in [5.74, 6) is 0.666. The normalized spacial score (nSPS) is 14.3. The fourth-order valence-corrected chi connectivity index (χ4v) is 6.03. The molecule has 11 nitrogen and oxygen atoms in total. The number of alkyl carbamates (subject to hydrolysis) is 1. The average Bonchev–Trinajstić information content (AvgIpc) is 3.64. The molecule has 13 heteroatoms. The fraction of sp³-hybridized carbons (Fsp3) is 0.212. The van der Waals surface area contributed by atoms with Crippen molar-refractivity contribution in [3.05, 3.63) is 82.1 Å². The molecule has 46 heavy (non-hydrogen) atoms. The van der Waals surface area contributed by atoms with Crippen LogP contribution in [0, 0.1) is 0 Å². The van der Waals surface area contributed by atoms with Gasteiger partial charge in [0.05, 0.1) is 28.4 Å². The molecule has 0 saturated carbocycles. The number of carbonyl (C=O) groups is 3. The number of methoxy groups -OCH3 is 1. The SMILES string of the molecule is COc1nc(-c2cccc(-c3cccc(-c4ncc5c(C=O)cn(C)c5n4)c3Cl)c2Cl)ccc1COC(=O)NCC1CCC(=O)N1. The number of amides is 2. The van der Waals surface area contributed by atoms with E-state index in [1.807, 2.05) is 43.4 Å². The predicted molar refractivity (Wildman–Crippen MR) is 174 cm³/mol. The van der Waals surface area contributed by atoms with Crippen molar-refractivity contribution in [1.29, 1.82) is 0 Å². The van der Waals surface area contributed by atoms with Crippen molar-refractivity contribution in [2.75, 3.05) is 13.7 Å². The summed E-state index contributed by atoms with van der Waals surface area (Å²) >= 11 is 14.0. The van der Waals surface area contributed by atoms with Gasteiger partial charge in [-0.25, -0.2) is 19.7 Å².